The van der Waals surface area contributed by atoms with Crippen molar-refractivity contribution in [3.05, 3.63) is 0 Å². The van der Waals surface area contributed by atoms with Gasteiger partial charge in [-0.05, 0) is 50.0 Å². The Hall–Kier alpha value is -0.670. The van der Waals surface area contributed by atoms with E-state index in [1.807, 2.05) is 4.68 Å². The monoisotopic (exact) mass is 333 g/mol. The smallest absolute Gasteiger partial charge is 0.211 e. The molecule has 1 aromatic heterocycles. The van der Waals surface area contributed by atoms with Crippen LogP contribution in [0.25, 0.3) is 0 Å². The average molecular weight is 333 g/mol. The summed E-state index contributed by atoms with van der Waals surface area (Å²) in [7, 11) is -3.08. The molecule has 120 valence electrons. The maximum atomic E-state index is 11.6. The molecule has 0 bridgehead atoms. The van der Waals surface area contributed by atoms with E-state index in [9.17, 15) is 8.42 Å². The summed E-state index contributed by atoms with van der Waals surface area (Å²) in [6, 6.07) is 0. The highest BCUT2D eigenvalue weighted by atomic mass is 32.2. The van der Waals surface area contributed by atoms with Crippen molar-refractivity contribution in [2.45, 2.75) is 44.3 Å². The third-order valence-corrected chi connectivity index (χ3v) is 5.90. The molecule has 1 atom stereocenters. The molecule has 0 N–H and O–H groups in total. The quantitative estimate of drug-likeness (QED) is 0.770. The Labute approximate surface area is 130 Å². The van der Waals surface area contributed by atoms with E-state index in [0.717, 1.165) is 23.8 Å². The summed E-state index contributed by atoms with van der Waals surface area (Å²) in [4.78, 5) is 0. The van der Waals surface area contributed by atoms with E-state index in [4.69, 9.17) is 0 Å². The van der Waals surface area contributed by atoms with Crippen molar-refractivity contribution in [3.8, 4) is 0 Å². The van der Waals surface area contributed by atoms with Gasteiger partial charge in [-0.2, -0.15) is 0 Å². The number of aromatic nitrogens is 4. The summed E-state index contributed by atoms with van der Waals surface area (Å²) in [5.41, 5.74) is -0.156. The van der Waals surface area contributed by atoms with E-state index in [0.29, 0.717) is 19.0 Å². The molecule has 2 heterocycles. The van der Waals surface area contributed by atoms with Crippen LogP contribution >= 0.6 is 11.8 Å². The Balaban J connectivity index is 1.96. The molecule has 0 saturated carbocycles. The van der Waals surface area contributed by atoms with Crippen LogP contribution in [0.4, 0.5) is 0 Å². The topological polar surface area (TPSA) is 81.0 Å². The molecule has 9 heteroatoms. The van der Waals surface area contributed by atoms with Crippen molar-refractivity contribution in [3.63, 3.8) is 0 Å². The molecule has 7 nitrogen and oxygen atoms in total. The largest absolute Gasteiger partial charge is 0.215 e. The van der Waals surface area contributed by atoms with E-state index in [-0.39, 0.29) is 5.54 Å². The van der Waals surface area contributed by atoms with Crippen molar-refractivity contribution >= 4 is 21.8 Å². The van der Waals surface area contributed by atoms with Gasteiger partial charge in [0.05, 0.1) is 11.8 Å². The van der Waals surface area contributed by atoms with E-state index < -0.39 is 10.0 Å². The Bertz CT molecular complexity index is 579. The number of thioether (sulfide) groups is 1. The maximum absolute atomic E-state index is 11.6. The molecule has 2 rings (SSSR count). The normalized spacial score (nSPS) is 21.6. The van der Waals surface area contributed by atoms with Gasteiger partial charge in [0.1, 0.15) is 0 Å². The van der Waals surface area contributed by atoms with Gasteiger partial charge >= 0.3 is 0 Å². The molecule has 0 amide bonds. The predicted octanol–water partition coefficient (Wildman–Crippen LogP) is 1.19. The lowest BCUT2D eigenvalue weighted by molar-refractivity contribution is 0.285. The molecule has 1 aliphatic rings. The summed E-state index contributed by atoms with van der Waals surface area (Å²) in [6.07, 6.45) is 3.25. The number of hydrogen-bond acceptors (Lipinski definition) is 6. The second-order valence-electron chi connectivity index (χ2n) is 6.48. The zero-order chi connectivity index (χ0) is 15.7. The van der Waals surface area contributed by atoms with Gasteiger partial charge in [-0.3, -0.25) is 0 Å². The molecule has 1 fully saturated rings. The Morgan fingerprint density at radius 2 is 2.10 bits per heavy atom. The molecule has 0 spiro atoms. The molecular weight excluding hydrogens is 310 g/mol. The van der Waals surface area contributed by atoms with Gasteiger partial charge in [0.15, 0.2) is 0 Å². The van der Waals surface area contributed by atoms with Crippen LogP contribution in [0.3, 0.4) is 0 Å². The molecule has 0 aromatic carbocycles. The zero-order valence-corrected chi connectivity index (χ0v) is 14.6. The fourth-order valence-corrected chi connectivity index (χ4v) is 4.47. The minimum atomic E-state index is -3.08. The second kappa shape index (κ2) is 6.21. The molecule has 0 radical (unpaired) electrons. The van der Waals surface area contributed by atoms with Crippen molar-refractivity contribution in [1.29, 1.82) is 0 Å². The van der Waals surface area contributed by atoms with E-state index >= 15 is 0 Å². The number of rotatable bonds is 4. The first-order valence-corrected chi connectivity index (χ1v) is 9.88. The summed E-state index contributed by atoms with van der Waals surface area (Å²) >= 11 is 1.61. The zero-order valence-electron chi connectivity index (χ0n) is 13.0. The van der Waals surface area contributed by atoms with Gasteiger partial charge in [-0.15, -0.1) is 5.10 Å². The first-order chi connectivity index (χ1) is 9.68. The van der Waals surface area contributed by atoms with Crippen LogP contribution < -0.4 is 0 Å². The molecule has 0 unspecified atom stereocenters. The standard InChI is InChI=1S/C12H23N5O2S2/c1-12(2,3)17-11(13-14-15-17)20-9-10-6-5-7-16(8-10)21(4,18)19/h10H,5-9H2,1-4H3/t10-/m0/s1. The number of sulfonamides is 1. The highest BCUT2D eigenvalue weighted by Crippen LogP contribution is 2.27. The van der Waals surface area contributed by atoms with E-state index in [1.54, 1.807) is 16.1 Å². The minimum absolute atomic E-state index is 0.156. The Morgan fingerprint density at radius 1 is 1.38 bits per heavy atom. The van der Waals surface area contributed by atoms with Crippen LogP contribution in [0.1, 0.15) is 33.6 Å². The summed E-state index contributed by atoms with van der Waals surface area (Å²) < 4.78 is 26.7. The van der Waals surface area contributed by atoms with Crippen LogP contribution in [-0.4, -0.2) is 58.0 Å². The summed E-state index contributed by atoms with van der Waals surface area (Å²) in [6.45, 7) is 7.40. The molecule has 1 saturated heterocycles. The van der Waals surface area contributed by atoms with E-state index in [2.05, 4.69) is 36.3 Å². The van der Waals surface area contributed by atoms with Crippen molar-refractivity contribution in [2.75, 3.05) is 25.1 Å². The lowest BCUT2D eigenvalue weighted by atomic mass is 10.0. The van der Waals surface area contributed by atoms with E-state index in [1.165, 1.54) is 6.26 Å². The molecule has 1 aromatic rings. The molecular formula is C12H23N5O2S2. The SMILES string of the molecule is CC(C)(C)n1nnnc1SC[C@H]1CCCN(S(C)(=O)=O)C1. The van der Waals surface area contributed by atoms with Crippen LogP contribution in [0.5, 0.6) is 0 Å². The highest BCUT2D eigenvalue weighted by molar-refractivity contribution is 7.99. The third kappa shape index (κ3) is 4.40. The molecule has 21 heavy (non-hydrogen) atoms. The van der Waals surface area contributed by atoms with Crippen molar-refractivity contribution in [1.82, 2.24) is 24.5 Å². The lowest BCUT2D eigenvalue weighted by Gasteiger charge is -2.30. The third-order valence-electron chi connectivity index (χ3n) is 3.48. The number of tetrazole rings is 1. The highest BCUT2D eigenvalue weighted by Gasteiger charge is 2.27. The Kier molecular flexibility index (Phi) is 4.94. The van der Waals surface area contributed by atoms with Crippen LogP contribution in [0, 0.1) is 5.92 Å². The van der Waals surface area contributed by atoms with Gasteiger partial charge in [0.2, 0.25) is 15.2 Å². The minimum Gasteiger partial charge on any atom is -0.215 e. The number of hydrogen-bond donors (Lipinski definition) is 0. The molecule has 1 aliphatic heterocycles. The predicted molar refractivity (Wildman–Crippen MR) is 82.7 cm³/mol. The summed E-state index contributed by atoms with van der Waals surface area (Å²) in [5, 5.41) is 12.6. The fourth-order valence-electron chi connectivity index (χ4n) is 2.35. The van der Waals surface area contributed by atoms with Crippen molar-refractivity contribution < 1.29 is 8.42 Å². The average Bonchev–Trinajstić information content (AvgIpc) is 2.84. The van der Waals surface area contributed by atoms with Crippen molar-refractivity contribution in [2.24, 2.45) is 5.92 Å². The van der Waals surface area contributed by atoms with Crippen LogP contribution in [-0.2, 0) is 15.6 Å². The second-order valence-corrected chi connectivity index (χ2v) is 9.45. The van der Waals surface area contributed by atoms with Gasteiger partial charge in [-0.1, -0.05) is 11.8 Å². The number of piperidine rings is 1. The summed E-state index contributed by atoms with van der Waals surface area (Å²) in [5.74, 6) is 1.19. The van der Waals surface area contributed by atoms with Gasteiger partial charge in [0, 0.05) is 18.8 Å². The maximum Gasteiger partial charge on any atom is 0.211 e. The molecule has 0 aliphatic carbocycles. The van der Waals surface area contributed by atoms with Gasteiger partial charge in [-0.25, -0.2) is 17.4 Å². The van der Waals surface area contributed by atoms with Crippen LogP contribution in [0.15, 0.2) is 5.16 Å². The fraction of sp³-hybridized carbons (Fsp3) is 0.917. The van der Waals surface area contributed by atoms with Crippen LogP contribution in [0.2, 0.25) is 0 Å². The van der Waals surface area contributed by atoms with Gasteiger partial charge < -0.3 is 0 Å². The lowest BCUT2D eigenvalue weighted by Crippen LogP contribution is -2.40. The Morgan fingerprint density at radius 3 is 2.71 bits per heavy atom. The first kappa shape index (κ1) is 16.7. The first-order valence-electron chi connectivity index (χ1n) is 7.04. The van der Waals surface area contributed by atoms with Gasteiger partial charge in [0.25, 0.3) is 0 Å². The number of nitrogens with zero attached hydrogens (tertiary/aromatic N) is 5.